The van der Waals surface area contributed by atoms with E-state index in [2.05, 4.69) is 29.1 Å². The zero-order chi connectivity index (χ0) is 13.7. The largest absolute Gasteiger partial charge is 0.437 e. The van der Waals surface area contributed by atoms with Crippen LogP contribution in [0.4, 0.5) is 4.39 Å². The van der Waals surface area contributed by atoms with Crippen LogP contribution in [0.5, 0.6) is 11.6 Å². The molecule has 2 aromatic rings. The van der Waals surface area contributed by atoms with Crippen LogP contribution in [-0.2, 0) is 6.54 Å². The summed E-state index contributed by atoms with van der Waals surface area (Å²) in [5.41, 5.74) is 0.834. The average molecular weight is 261 g/mol. The quantitative estimate of drug-likeness (QED) is 0.899. The topological polar surface area (TPSA) is 47.0 Å². The molecule has 1 N–H and O–H groups in total. The monoisotopic (exact) mass is 261 g/mol. The van der Waals surface area contributed by atoms with E-state index in [4.69, 9.17) is 4.74 Å². The molecule has 0 aliphatic heterocycles. The number of nitrogens with zero attached hydrogens (tertiary/aromatic N) is 2. The smallest absolute Gasteiger partial charge is 0.237 e. The molecule has 1 aromatic carbocycles. The van der Waals surface area contributed by atoms with Gasteiger partial charge in [0.2, 0.25) is 5.88 Å². The molecular formula is C14H16FN3O. The van der Waals surface area contributed by atoms with E-state index in [9.17, 15) is 4.39 Å². The van der Waals surface area contributed by atoms with E-state index in [0.29, 0.717) is 24.2 Å². The standard InChI is InChI=1S/C14H16FN3O/c1-10(2)16-7-12-8-18-14(9-17-12)19-13-5-3-4-11(15)6-13/h3-6,8-10,16H,7H2,1-2H3. The number of nitrogens with one attached hydrogen (secondary N) is 1. The van der Waals surface area contributed by atoms with Gasteiger partial charge in [0, 0.05) is 18.7 Å². The van der Waals surface area contributed by atoms with Crippen LogP contribution in [0, 0.1) is 5.82 Å². The van der Waals surface area contributed by atoms with E-state index in [0.717, 1.165) is 5.69 Å². The van der Waals surface area contributed by atoms with Crippen molar-refractivity contribution in [3.8, 4) is 11.6 Å². The molecule has 4 nitrogen and oxygen atoms in total. The van der Waals surface area contributed by atoms with Crippen molar-refractivity contribution >= 4 is 0 Å². The molecule has 2 rings (SSSR count). The van der Waals surface area contributed by atoms with Gasteiger partial charge < -0.3 is 10.1 Å². The summed E-state index contributed by atoms with van der Waals surface area (Å²) in [4.78, 5) is 8.36. The number of hydrogen-bond donors (Lipinski definition) is 1. The number of halogens is 1. The van der Waals surface area contributed by atoms with E-state index in [-0.39, 0.29) is 5.82 Å². The van der Waals surface area contributed by atoms with Crippen LogP contribution in [-0.4, -0.2) is 16.0 Å². The van der Waals surface area contributed by atoms with Crippen molar-refractivity contribution in [2.24, 2.45) is 0 Å². The number of benzene rings is 1. The van der Waals surface area contributed by atoms with Crippen molar-refractivity contribution in [3.63, 3.8) is 0 Å². The molecule has 0 fully saturated rings. The second kappa shape index (κ2) is 6.24. The number of aromatic nitrogens is 2. The minimum Gasteiger partial charge on any atom is -0.437 e. The van der Waals surface area contributed by atoms with Crippen LogP contribution in [0.25, 0.3) is 0 Å². The lowest BCUT2D eigenvalue weighted by Gasteiger charge is -2.08. The third-order valence-corrected chi connectivity index (χ3v) is 2.39. The van der Waals surface area contributed by atoms with Crippen LogP contribution in [0.15, 0.2) is 36.7 Å². The highest BCUT2D eigenvalue weighted by molar-refractivity contribution is 5.26. The normalized spacial score (nSPS) is 10.7. The second-order valence-electron chi connectivity index (χ2n) is 4.44. The zero-order valence-corrected chi connectivity index (χ0v) is 10.9. The minimum absolute atomic E-state index is 0.344. The molecule has 0 saturated heterocycles. The van der Waals surface area contributed by atoms with E-state index in [1.54, 1.807) is 18.3 Å². The van der Waals surface area contributed by atoms with Crippen molar-refractivity contribution in [2.45, 2.75) is 26.4 Å². The Bertz CT molecular complexity index is 528. The second-order valence-corrected chi connectivity index (χ2v) is 4.44. The third kappa shape index (κ3) is 4.30. The lowest BCUT2D eigenvalue weighted by molar-refractivity contribution is 0.453. The van der Waals surface area contributed by atoms with E-state index >= 15 is 0 Å². The van der Waals surface area contributed by atoms with Gasteiger partial charge in [0.1, 0.15) is 11.6 Å². The fraction of sp³-hybridized carbons (Fsp3) is 0.286. The van der Waals surface area contributed by atoms with E-state index in [1.807, 2.05) is 0 Å². The summed E-state index contributed by atoms with van der Waals surface area (Å²) in [6, 6.07) is 6.30. The van der Waals surface area contributed by atoms with Crippen LogP contribution >= 0.6 is 0 Å². The van der Waals surface area contributed by atoms with Gasteiger partial charge in [-0.25, -0.2) is 9.37 Å². The zero-order valence-electron chi connectivity index (χ0n) is 10.9. The Morgan fingerprint density at radius 1 is 1.26 bits per heavy atom. The molecule has 5 heteroatoms. The molecule has 100 valence electrons. The Kier molecular flexibility index (Phi) is 4.41. The average Bonchev–Trinajstić information content (AvgIpc) is 2.38. The summed E-state index contributed by atoms with van der Waals surface area (Å²) in [6.45, 7) is 4.79. The van der Waals surface area contributed by atoms with Crippen molar-refractivity contribution in [2.75, 3.05) is 0 Å². The SMILES string of the molecule is CC(C)NCc1cnc(Oc2cccc(F)c2)cn1. The van der Waals surface area contributed by atoms with Crippen molar-refractivity contribution < 1.29 is 9.13 Å². The maximum atomic E-state index is 13.0. The molecule has 0 saturated carbocycles. The molecular weight excluding hydrogens is 245 g/mol. The first kappa shape index (κ1) is 13.4. The maximum Gasteiger partial charge on any atom is 0.237 e. The van der Waals surface area contributed by atoms with E-state index < -0.39 is 0 Å². The Balaban J connectivity index is 1.98. The lowest BCUT2D eigenvalue weighted by Crippen LogP contribution is -2.22. The van der Waals surface area contributed by atoms with Gasteiger partial charge in [0.15, 0.2) is 0 Å². The third-order valence-electron chi connectivity index (χ3n) is 2.39. The first-order valence-corrected chi connectivity index (χ1v) is 6.11. The molecule has 0 radical (unpaired) electrons. The van der Waals surface area contributed by atoms with Crippen molar-refractivity contribution in [1.29, 1.82) is 0 Å². The highest BCUT2D eigenvalue weighted by atomic mass is 19.1. The number of ether oxygens (including phenoxy) is 1. The molecule has 19 heavy (non-hydrogen) atoms. The van der Waals surface area contributed by atoms with Gasteiger partial charge in [-0.1, -0.05) is 19.9 Å². The summed E-state index contributed by atoms with van der Waals surface area (Å²) in [5, 5.41) is 3.25. The molecule has 0 amide bonds. The van der Waals surface area contributed by atoms with Gasteiger partial charge in [-0.2, -0.15) is 0 Å². The summed E-state index contributed by atoms with van der Waals surface area (Å²) in [7, 11) is 0. The Labute approximate surface area is 111 Å². The summed E-state index contributed by atoms with van der Waals surface area (Å²) in [5.74, 6) is 0.407. The molecule has 1 aromatic heterocycles. The van der Waals surface area contributed by atoms with Gasteiger partial charge >= 0.3 is 0 Å². The van der Waals surface area contributed by atoms with Crippen LogP contribution in [0.1, 0.15) is 19.5 Å². The van der Waals surface area contributed by atoms with Gasteiger partial charge in [-0.15, -0.1) is 0 Å². The highest BCUT2D eigenvalue weighted by Crippen LogP contribution is 2.18. The first-order valence-electron chi connectivity index (χ1n) is 6.11. The van der Waals surface area contributed by atoms with Crippen LogP contribution in [0.3, 0.4) is 0 Å². The highest BCUT2D eigenvalue weighted by Gasteiger charge is 2.02. The number of hydrogen-bond acceptors (Lipinski definition) is 4. The summed E-state index contributed by atoms with van der Waals surface area (Å²) in [6.07, 6.45) is 3.17. The predicted octanol–water partition coefficient (Wildman–Crippen LogP) is 2.91. The molecule has 0 aliphatic rings. The molecule has 0 unspecified atom stereocenters. The molecule has 1 heterocycles. The molecule has 0 atom stereocenters. The van der Waals surface area contributed by atoms with Gasteiger partial charge in [0.05, 0.1) is 18.1 Å². The maximum absolute atomic E-state index is 13.0. The van der Waals surface area contributed by atoms with Gasteiger partial charge in [-0.05, 0) is 12.1 Å². The Hall–Kier alpha value is -2.01. The predicted molar refractivity (Wildman–Crippen MR) is 70.5 cm³/mol. The van der Waals surface area contributed by atoms with Gasteiger partial charge in [0.25, 0.3) is 0 Å². The molecule has 0 bridgehead atoms. The Morgan fingerprint density at radius 3 is 2.74 bits per heavy atom. The fourth-order valence-corrected chi connectivity index (χ4v) is 1.45. The van der Waals surface area contributed by atoms with Gasteiger partial charge in [-0.3, -0.25) is 4.98 Å². The minimum atomic E-state index is -0.344. The molecule has 0 aliphatic carbocycles. The van der Waals surface area contributed by atoms with Crippen LogP contribution < -0.4 is 10.1 Å². The number of rotatable bonds is 5. The van der Waals surface area contributed by atoms with E-state index in [1.165, 1.54) is 18.3 Å². The summed E-state index contributed by atoms with van der Waals surface area (Å²) < 4.78 is 18.4. The summed E-state index contributed by atoms with van der Waals surface area (Å²) >= 11 is 0. The lowest BCUT2D eigenvalue weighted by atomic mass is 10.3. The fourth-order valence-electron chi connectivity index (χ4n) is 1.45. The first-order chi connectivity index (χ1) is 9.13. The van der Waals surface area contributed by atoms with Crippen LogP contribution in [0.2, 0.25) is 0 Å². The van der Waals surface area contributed by atoms with Crippen molar-refractivity contribution in [3.05, 3.63) is 48.2 Å². The Morgan fingerprint density at radius 2 is 2.11 bits per heavy atom. The molecule has 0 spiro atoms. The van der Waals surface area contributed by atoms with Crippen molar-refractivity contribution in [1.82, 2.24) is 15.3 Å².